The molecule has 20 heavy (non-hydrogen) atoms. The molecule has 1 aromatic heterocycles. The Morgan fingerprint density at radius 1 is 1.20 bits per heavy atom. The predicted molar refractivity (Wildman–Crippen MR) is 86.6 cm³/mol. The van der Waals surface area contributed by atoms with Gasteiger partial charge in [0.1, 0.15) is 5.03 Å². The van der Waals surface area contributed by atoms with Gasteiger partial charge in [-0.1, -0.05) is 34.6 Å². The summed E-state index contributed by atoms with van der Waals surface area (Å²) in [5, 5.41) is 5.47. The van der Waals surface area contributed by atoms with Crippen molar-refractivity contribution in [1.29, 1.82) is 0 Å². The van der Waals surface area contributed by atoms with Crippen LogP contribution in [0.3, 0.4) is 0 Å². The standard InChI is InChI=1S/C15H14N2OS2/c1-12-5-7-13(8-6-12)17-14(18)9-11-19-20-15-4-2-3-10-16-15/h2-11H,1H3,(H,17,18)/b11-9+. The van der Waals surface area contributed by atoms with E-state index in [-0.39, 0.29) is 5.91 Å². The molecule has 0 bridgehead atoms. The summed E-state index contributed by atoms with van der Waals surface area (Å²) < 4.78 is 0. The molecule has 0 atom stereocenters. The minimum atomic E-state index is -0.136. The Balaban J connectivity index is 1.76. The van der Waals surface area contributed by atoms with Gasteiger partial charge in [-0.15, -0.1) is 0 Å². The molecule has 102 valence electrons. The van der Waals surface area contributed by atoms with E-state index >= 15 is 0 Å². The Morgan fingerprint density at radius 3 is 2.70 bits per heavy atom. The van der Waals surface area contributed by atoms with Gasteiger partial charge in [0.25, 0.3) is 0 Å². The van der Waals surface area contributed by atoms with E-state index < -0.39 is 0 Å². The molecule has 1 aromatic carbocycles. The van der Waals surface area contributed by atoms with Crippen LogP contribution in [0.4, 0.5) is 5.69 Å². The quantitative estimate of drug-likeness (QED) is 0.661. The van der Waals surface area contributed by atoms with Crippen molar-refractivity contribution in [3.8, 4) is 0 Å². The summed E-state index contributed by atoms with van der Waals surface area (Å²) in [6.45, 7) is 2.01. The maximum Gasteiger partial charge on any atom is 0.248 e. The van der Waals surface area contributed by atoms with Crippen LogP contribution in [0.2, 0.25) is 0 Å². The molecule has 0 saturated carbocycles. The Morgan fingerprint density at radius 2 is 2.00 bits per heavy atom. The van der Waals surface area contributed by atoms with Gasteiger partial charge in [-0.2, -0.15) is 0 Å². The molecule has 1 heterocycles. The maximum atomic E-state index is 11.7. The number of aryl methyl sites for hydroxylation is 1. The molecule has 0 fully saturated rings. The first kappa shape index (κ1) is 14.7. The lowest BCUT2D eigenvalue weighted by Gasteiger charge is -2.01. The summed E-state index contributed by atoms with van der Waals surface area (Å²) in [7, 11) is 2.97. The molecule has 0 radical (unpaired) electrons. The van der Waals surface area contributed by atoms with E-state index in [1.807, 2.05) is 49.4 Å². The Labute approximate surface area is 126 Å². The second kappa shape index (κ2) is 7.77. The minimum absolute atomic E-state index is 0.136. The van der Waals surface area contributed by atoms with Crippen molar-refractivity contribution < 1.29 is 4.79 Å². The Bertz CT molecular complexity index is 583. The number of aromatic nitrogens is 1. The van der Waals surface area contributed by atoms with Crippen molar-refractivity contribution in [2.24, 2.45) is 0 Å². The fourth-order valence-corrected chi connectivity index (χ4v) is 2.88. The number of amides is 1. The van der Waals surface area contributed by atoms with Crippen LogP contribution in [-0.2, 0) is 4.79 Å². The summed E-state index contributed by atoms with van der Waals surface area (Å²) in [6.07, 6.45) is 3.26. The third kappa shape index (κ3) is 5.11. The fraction of sp³-hybridized carbons (Fsp3) is 0.0667. The van der Waals surface area contributed by atoms with E-state index in [1.165, 1.54) is 33.2 Å². The number of rotatable bonds is 5. The van der Waals surface area contributed by atoms with E-state index in [0.717, 1.165) is 10.7 Å². The van der Waals surface area contributed by atoms with Crippen LogP contribution in [0.15, 0.2) is 65.2 Å². The van der Waals surface area contributed by atoms with Gasteiger partial charge in [0.2, 0.25) is 5.91 Å². The summed E-state index contributed by atoms with van der Waals surface area (Å²) >= 11 is 0. The van der Waals surface area contributed by atoms with Gasteiger partial charge in [-0.05, 0) is 47.4 Å². The van der Waals surface area contributed by atoms with Gasteiger partial charge >= 0.3 is 0 Å². The molecule has 0 spiro atoms. The summed E-state index contributed by atoms with van der Waals surface area (Å²) in [4.78, 5) is 15.9. The molecule has 2 aromatic rings. The molecular weight excluding hydrogens is 288 g/mol. The second-order valence-electron chi connectivity index (χ2n) is 4.01. The topological polar surface area (TPSA) is 42.0 Å². The number of nitrogens with one attached hydrogen (secondary N) is 1. The monoisotopic (exact) mass is 302 g/mol. The molecule has 2 rings (SSSR count). The Hall–Kier alpha value is -1.72. The molecular formula is C15H14N2OS2. The van der Waals surface area contributed by atoms with Gasteiger partial charge in [0.05, 0.1) is 0 Å². The first-order chi connectivity index (χ1) is 9.74. The molecule has 5 heteroatoms. The highest BCUT2D eigenvalue weighted by Gasteiger charge is 1.97. The number of benzene rings is 1. The molecule has 1 N–H and O–H groups in total. The molecule has 3 nitrogen and oxygen atoms in total. The van der Waals surface area contributed by atoms with Crippen molar-refractivity contribution in [2.45, 2.75) is 11.9 Å². The lowest BCUT2D eigenvalue weighted by atomic mass is 10.2. The second-order valence-corrected chi connectivity index (χ2v) is 6.13. The first-order valence-corrected chi connectivity index (χ1v) is 8.24. The summed E-state index contributed by atoms with van der Waals surface area (Å²) in [5.74, 6) is -0.136. The Kier molecular flexibility index (Phi) is 5.70. The van der Waals surface area contributed by atoms with Crippen LogP contribution in [0.5, 0.6) is 0 Å². The highest BCUT2D eigenvalue weighted by atomic mass is 33.1. The van der Waals surface area contributed by atoms with Crippen molar-refractivity contribution in [3.05, 3.63) is 65.7 Å². The van der Waals surface area contributed by atoms with Crippen molar-refractivity contribution >= 4 is 33.2 Å². The van der Waals surface area contributed by atoms with E-state index in [0.29, 0.717) is 0 Å². The number of hydrogen-bond donors (Lipinski definition) is 1. The van der Waals surface area contributed by atoms with Crippen LogP contribution in [0.25, 0.3) is 0 Å². The molecule has 0 unspecified atom stereocenters. The third-order valence-electron chi connectivity index (χ3n) is 2.37. The number of anilines is 1. The fourth-order valence-electron chi connectivity index (χ4n) is 1.38. The van der Waals surface area contributed by atoms with Crippen molar-refractivity contribution in [2.75, 3.05) is 5.32 Å². The number of carbonyl (C=O) groups is 1. The van der Waals surface area contributed by atoms with Crippen LogP contribution in [0, 0.1) is 6.92 Å². The normalized spacial score (nSPS) is 10.7. The van der Waals surface area contributed by atoms with E-state index in [1.54, 1.807) is 11.6 Å². The minimum Gasteiger partial charge on any atom is -0.322 e. The largest absolute Gasteiger partial charge is 0.322 e. The van der Waals surface area contributed by atoms with Crippen molar-refractivity contribution in [3.63, 3.8) is 0 Å². The SMILES string of the molecule is Cc1ccc(NC(=O)/C=C/SSc2ccccn2)cc1. The zero-order chi connectivity index (χ0) is 14.2. The average molecular weight is 302 g/mol. The number of hydrogen-bond acceptors (Lipinski definition) is 4. The van der Waals surface area contributed by atoms with Crippen LogP contribution >= 0.6 is 21.6 Å². The van der Waals surface area contributed by atoms with Crippen LogP contribution < -0.4 is 5.32 Å². The van der Waals surface area contributed by atoms with E-state index in [9.17, 15) is 4.79 Å². The van der Waals surface area contributed by atoms with Crippen LogP contribution in [0.1, 0.15) is 5.56 Å². The maximum absolute atomic E-state index is 11.7. The molecule has 1 amide bonds. The highest BCUT2D eigenvalue weighted by molar-refractivity contribution is 8.77. The zero-order valence-electron chi connectivity index (χ0n) is 10.9. The lowest BCUT2D eigenvalue weighted by Crippen LogP contribution is -2.07. The average Bonchev–Trinajstić information content (AvgIpc) is 2.47. The van der Waals surface area contributed by atoms with Gasteiger partial charge in [-0.25, -0.2) is 4.98 Å². The van der Waals surface area contributed by atoms with Crippen LogP contribution in [-0.4, -0.2) is 10.9 Å². The highest BCUT2D eigenvalue weighted by Crippen LogP contribution is 2.29. The number of nitrogens with zero attached hydrogens (tertiary/aromatic N) is 1. The summed E-state index contributed by atoms with van der Waals surface area (Å²) in [5.41, 5.74) is 1.97. The van der Waals surface area contributed by atoms with Gasteiger partial charge in [0, 0.05) is 18.0 Å². The molecule has 0 aliphatic rings. The zero-order valence-corrected chi connectivity index (χ0v) is 12.6. The smallest absolute Gasteiger partial charge is 0.248 e. The molecule has 0 aliphatic carbocycles. The molecule has 0 saturated heterocycles. The lowest BCUT2D eigenvalue weighted by molar-refractivity contribution is -0.111. The first-order valence-electron chi connectivity index (χ1n) is 6.02. The predicted octanol–water partition coefficient (Wildman–Crippen LogP) is 4.28. The van der Waals surface area contributed by atoms with E-state index in [4.69, 9.17) is 0 Å². The third-order valence-corrected chi connectivity index (χ3v) is 4.26. The summed E-state index contributed by atoms with van der Waals surface area (Å²) in [6, 6.07) is 13.4. The number of carbonyl (C=O) groups excluding carboxylic acids is 1. The molecule has 0 aliphatic heterocycles. The number of pyridine rings is 1. The van der Waals surface area contributed by atoms with Crippen molar-refractivity contribution in [1.82, 2.24) is 4.98 Å². The van der Waals surface area contributed by atoms with E-state index in [2.05, 4.69) is 10.3 Å². The van der Waals surface area contributed by atoms with Gasteiger partial charge in [0.15, 0.2) is 0 Å². The van der Waals surface area contributed by atoms with Gasteiger partial charge < -0.3 is 5.32 Å². The van der Waals surface area contributed by atoms with Gasteiger partial charge in [-0.3, -0.25) is 4.79 Å².